The van der Waals surface area contributed by atoms with Crippen molar-refractivity contribution in [1.82, 2.24) is 24.6 Å². The van der Waals surface area contributed by atoms with Crippen LogP contribution < -0.4 is 4.90 Å². The topological polar surface area (TPSA) is 111 Å². The largest absolute Gasteiger partial charge is 0.481 e. The molecule has 2 aliphatic heterocycles. The molecule has 11 heteroatoms. The number of hydrogen-bond acceptors (Lipinski definition) is 7. The summed E-state index contributed by atoms with van der Waals surface area (Å²) >= 11 is 12.6. The summed E-state index contributed by atoms with van der Waals surface area (Å²) in [5.41, 5.74) is 2.06. The Kier molecular flexibility index (Phi) is 7.75. The third-order valence-corrected chi connectivity index (χ3v) is 8.56. The van der Waals surface area contributed by atoms with Crippen molar-refractivity contribution in [3.63, 3.8) is 0 Å². The first-order chi connectivity index (χ1) is 18.3. The predicted molar refractivity (Wildman–Crippen MR) is 147 cm³/mol. The number of carboxylic acids is 1. The van der Waals surface area contributed by atoms with Crippen molar-refractivity contribution in [3.05, 3.63) is 45.7 Å². The Labute approximate surface area is 232 Å². The summed E-state index contributed by atoms with van der Waals surface area (Å²) in [6.45, 7) is 6.91. The summed E-state index contributed by atoms with van der Waals surface area (Å²) in [5.74, 6) is 0.421. The Morgan fingerprint density at radius 2 is 2.11 bits per heavy atom. The smallest absolute Gasteiger partial charge is 0.303 e. The van der Waals surface area contributed by atoms with E-state index in [1.165, 1.54) is 0 Å². The van der Waals surface area contributed by atoms with E-state index in [9.17, 15) is 10.1 Å². The van der Waals surface area contributed by atoms with Crippen molar-refractivity contribution >= 4 is 46.2 Å². The van der Waals surface area contributed by atoms with E-state index in [1.54, 1.807) is 23.0 Å². The molecule has 0 radical (unpaired) electrons. The van der Waals surface area contributed by atoms with Gasteiger partial charge in [-0.1, -0.05) is 36.2 Å². The van der Waals surface area contributed by atoms with Crippen molar-refractivity contribution in [3.8, 4) is 6.07 Å². The molecule has 0 aliphatic carbocycles. The van der Waals surface area contributed by atoms with E-state index >= 15 is 0 Å². The third kappa shape index (κ3) is 5.18. The molecule has 200 valence electrons. The highest BCUT2D eigenvalue weighted by Gasteiger charge is 2.37. The number of anilines is 1. The van der Waals surface area contributed by atoms with Crippen LogP contribution in [0, 0.1) is 17.2 Å². The fraction of sp³-hybridized carbons (Fsp3) is 0.519. The SMILES string of the molecule is CC1CN(c2cnc3c(C#N)nn(C(C)c4ccc(Cl)cc4Cl)c3n2)CC[C@@H]1N1CCCC1CCC(=O)O. The van der Waals surface area contributed by atoms with Gasteiger partial charge < -0.3 is 10.0 Å². The fourth-order valence-electron chi connectivity index (χ4n) is 6.10. The van der Waals surface area contributed by atoms with Gasteiger partial charge in [0.15, 0.2) is 11.3 Å². The zero-order valence-corrected chi connectivity index (χ0v) is 23.0. The van der Waals surface area contributed by atoms with Crippen molar-refractivity contribution in [2.75, 3.05) is 24.5 Å². The van der Waals surface area contributed by atoms with Gasteiger partial charge in [0.25, 0.3) is 0 Å². The molecule has 2 saturated heterocycles. The first-order valence-electron chi connectivity index (χ1n) is 13.1. The number of piperidine rings is 1. The van der Waals surface area contributed by atoms with Gasteiger partial charge in [0.2, 0.25) is 0 Å². The lowest BCUT2D eigenvalue weighted by Gasteiger charge is -2.43. The number of aliphatic carboxylic acids is 1. The van der Waals surface area contributed by atoms with Gasteiger partial charge in [-0.2, -0.15) is 10.4 Å². The molecule has 1 aromatic carbocycles. The van der Waals surface area contributed by atoms with Crippen LogP contribution in [-0.2, 0) is 4.79 Å². The number of benzene rings is 1. The lowest BCUT2D eigenvalue weighted by molar-refractivity contribution is -0.137. The highest BCUT2D eigenvalue weighted by atomic mass is 35.5. The minimum absolute atomic E-state index is 0.224. The summed E-state index contributed by atoms with van der Waals surface area (Å²) in [7, 11) is 0. The molecular weight excluding hydrogens is 525 g/mol. The standard InChI is InChI=1S/C27H31Cl2N7O2/c1-16-15-34(11-9-23(16)35-10-3-4-19(35)6-8-25(37)38)24-14-31-26-22(13-30)33-36(27(26)32-24)17(2)20-7-5-18(28)12-21(20)29/h5,7,12,14,16-17,19,23H,3-4,6,8-11,15H2,1-2H3,(H,37,38)/t16?,17?,19?,23-/m0/s1. The molecular formula is C27H31Cl2N7O2. The van der Waals surface area contributed by atoms with Crippen molar-refractivity contribution < 1.29 is 9.90 Å². The molecule has 5 rings (SSSR count). The lowest BCUT2D eigenvalue weighted by Crippen LogP contribution is -2.52. The second kappa shape index (κ2) is 11.0. The number of carboxylic acid groups (broad SMARTS) is 1. The molecule has 0 spiro atoms. The number of likely N-dealkylation sites (tertiary alicyclic amines) is 1. The summed E-state index contributed by atoms with van der Waals surface area (Å²) in [5, 5.41) is 24.4. The maximum absolute atomic E-state index is 11.1. The van der Waals surface area contributed by atoms with Gasteiger partial charge in [-0.25, -0.2) is 14.6 Å². The Balaban J connectivity index is 1.38. The molecule has 0 bridgehead atoms. The molecule has 0 amide bonds. The van der Waals surface area contributed by atoms with Crippen LogP contribution in [0.5, 0.6) is 0 Å². The maximum Gasteiger partial charge on any atom is 0.303 e. The second-order valence-corrected chi connectivity index (χ2v) is 11.2. The summed E-state index contributed by atoms with van der Waals surface area (Å²) in [6.07, 6.45) is 5.84. The molecule has 4 heterocycles. The van der Waals surface area contributed by atoms with Gasteiger partial charge in [-0.15, -0.1) is 0 Å². The molecule has 4 atom stereocenters. The van der Waals surface area contributed by atoms with Crippen LogP contribution in [0.1, 0.15) is 63.3 Å². The van der Waals surface area contributed by atoms with Crippen molar-refractivity contribution in [2.45, 2.75) is 64.1 Å². The van der Waals surface area contributed by atoms with E-state index in [2.05, 4.69) is 32.9 Å². The average molecular weight is 556 g/mol. The summed E-state index contributed by atoms with van der Waals surface area (Å²) in [4.78, 5) is 25.5. The van der Waals surface area contributed by atoms with Crippen LogP contribution in [0.15, 0.2) is 24.4 Å². The van der Waals surface area contributed by atoms with Gasteiger partial charge in [0.05, 0.1) is 12.2 Å². The van der Waals surface area contributed by atoms with Crippen LogP contribution in [0.2, 0.25) is 10.0 Å². The van der Waals surface area contributed by atoms with E-state index in [-0.39, 0.29) is 18.2 Å². The van der Waals surface area contributed by atoms with Gasteiger partial charge in [0.1, 0.15) is 17.4 Å². The van der Waals surface area contributed by atoms with Crippen molar-refractivity contribution in [1.29, 1.82) is 5.26 Å². The highest BCUT2D eigenvalue weighted by molar-refractivity contribution is 6.35. The zero-order valence-electron chi connectivity index (χ0n) is 21.5. The first kappa shape index (κ1) is 26.7. The van der Waals surface area contributed by atoms with E-state index in [4.69, 9.17) is 33.3 Å². The number of aromatic nitrogens is 4. The number of hydrogen-bond donors (Lipinski definition) is 1. The molecule has 3 unspecified atom stereocenters. The quantitative estimate of drug-likeness (QED) is 0.425. The number of halogens is 2. The number of nitrogens with zero attached hydrogens (tertiary/aromatic N) is 7. The highest BCUT2D eigenvalue weighted by Crippen LogP contribution is 2.34. The lowest BCUT2D eigenvalue weighted by atomic mass is 9.91. The van der Waals surface area contributed by atoms with Gasteiger partial charge >= 0.3 is 5.97 Å². The van der Waals surface area contributed by atoms with E-state index in [0.29, 0.717) is 45.6 Å². The third-order valence-electron chi connectivity index (χ3n) is 8.00. The normalized spacial score (nSPS) is 23.0. The number of nitriles is 1. The first-order valence-corrected chi connectivity index (χ1v) is 13.8. The van der Waals surface area contributed by atoms with Gasteiger partial charge in [0, 0.05) is 41.6 Å². The molecule has 1 N–H and O–H groups in total. The van der Waals surface area contributed by atoms with Gasteiger partial charge in [-0.05, 0) is 62.8 Å². The Hall–Kier alpha value is -2.93. The van der Waals surface area contributed by atoms with E-state index in [0.717, 1.165) is 50.3 Å². The number of rotatable bonds is 7. The average Bonchev–Trinajstić information content (AvgIpc) is 3.51. The van der Waals surface area contributed by atoms with Crippen LogP contribution in [0.3, 0.4) is 0 Å². The monoisotopic (exact) mass is 555 g/mol. The van der Waals surface area contributed by atoms with Crippen LogP contribution in [0.4, 0.5) is 5.82 Å². The van der Waals surface area contributed by atoms with E-state index in [1.807, 2.05) is 13.0 Å². The molecule has 3 aromatic rings. The molecule has 2 fully saturated rings. The molecule has 0 saturated carbocycles. The fourth-order valence-corrected chi connectivity index (χ4v) is 6.66. The minimum atomic E-state index is -0.722. The second-order valence-electron chi connectivity index (χ2n) is 10.4. The Morgan fingerprint density at radius 3 is 2.82 bits per heavy atom. The van der Waals surface area contributed by atoms with Crippen LogP contribution in [0.25, 0.3) is 11.2 Å². The molecule has 2 aliphatic rings. The minimum Gasteiger partial charge on any atom is -0.481 e. The van der Waals surface area contributed by atoms with Crippen molar-refractivity contribution in [2.24, 2.45) is 5.92 Å². The maximum atomic E-state index is 11.1. The zero-order chi connectivity index (χ0) is 27.0. The van der Waals surface area contributed by atoms with E-state index < -0.39 is 5.97 Å². The molecule has 9 nitrogen and oxygen atoms in total. The number of fused-ring (bicyclic) bond motifs is 1. The summed E-state index contributed by atoms with van der Waals surface area (Å²) in [6, 6.07) is 7.97. The Morgan fingerprint density at radius 1 is 1.29 bits per heavy atom. The molecule has 38 heavy (non-hydrogen) atoms. The van der Waals surface area contributed by atoms with Gasteiger partial charge in [-0.3, -0.25) is 9.69 Å². The van der Waals surface area contributed by atoms with Crippen LogP contribution in [-0.4, -0.2) is 67.4 Å². The predicted octanol–water partition coefficient (Wildman–Crippen LogP) is 5.16. The molecule has 2 aromatic heterocycles. The Bertz CT molecular complexity index is 1390. The van der Waals surface area contributed by atoms with Crippen LogP contribution >= 0.6 is 23.2 Å². The summed E-state index contributed by atoms with van der Waals surface area (Å²) < 4.78 is 1.72. The number of carbonyl (C=O) groups is 1.